The van der Waals surface area contributed by atoms with Gasteiger partial charge in [0, 0.05) is 5.56 Å². The Bertz CT molecular complexity index is 716. The first kappa shape index (κ1) is 15.4. The molecule has 0 unspecified atom stereocenters. The number of H-pyrrole nitrogens is 1. The molecule has 0 spiro atoms. The number of aromatic nitrogens is 4. The second kappa shape index (κ2) is 8.32. The first-order valence-electron chi connectivity index (χ1n) is 6.98. The summed E-state index contributed by atoms with van der Waals surface area (Å²) in [6.07, 6.45) is 5.98. The van der Waals surface area contributed by atoms with Gasteiger partial charge < -0.3 is 0 Å². The van der Waals surface area contributed by atoms with E-state index in [4.69, 9.17) is 0 Å². The van der Waals surface area contributed by atoms with Crippen LogP contribution in [0.25, 0.3) is 23.5 Å². The van der Waals surface area contributed by atoms with E-state index in [1.807, 2.05) is 61.5 Å². The van der Waals surface area contributed by atoms with Crippen LogP contribution in [0.3, 0.4) is 0 Å². The fourth-order valence-corrected chi connectivity index (χ4v) is 1.90. The molecule has 0 saturated heterocycles. The maximum atomic E-state index is 3.84. The van der Waals surface area contributed by atoms with Crippen LogP contribution in [0.1, 0.15) is 18.1 Å². The van der Waals surface area contributed by atoms with Gasteiger partial charge in [-0.1, -0.05) is 79.4 Å². The highest BCUT2D eigenvalue weighted by Crippen LogP contribution is 2.11. The van der Waals surface area contributed by atoms with E-state index in [-0.39, 0.29) is 0 Å². The van der Waals surface area contributed by atoms with E-state index < -0.39 is 0 Å². The highest BCUT2D eigenvalue weighted by molar-refractivity contribution is 5.63. The highest BCUT2D eigenvalue weighted by Gasteiger charge is 1.98. The maximum absolute atomic E-state index is 3.84. The van der Waals surface area contributed by atoms with Gasteiger partial charge in [0.1, 0.15) is 0 Å². The van der Waals surface area contributed by atoms with E-state index in [1.54, 1.807) is 0 Å². The Morgan fingerprint density at radius 1 is 0.955 bits per heavy atom. The molecule has 0 amide bonds. The van der Waals surface area contributed by atoms with Crippen LogP contribution < -0.4 is 0 Å². The van der Waals surface area contributed by atoms with Crippen LogP contribution in [0.4, 0.5) is 0 Å². The minimum absolute atomic E-state index is 0.630. The van der Waals surface area contributed by atoms with Gasteiger partial charge >= 0.3 is 0 Å². The molecule has 0 aliphatic heterocycles. The smallest absolute Gasteiger partial charge is 0.177 e. The van der Waals surface area contributed by atoms with Crippen LogP contribution in [0.15, 0.2) is 67.3 Å². The summed E-state index contributed by atoms with van der Waals surface area (Å²) in [4.78, 5) is 0. The molecule has 3 rings (SSSR count). The molecule has 22 heavy (non-hydrogen) atoms. The van der Waals surface area contributed by atoms with Crippen LogP contribution in [0, 0.1) is 0 Å². The van der Waals surface area contributed by atoms with Crippen molar-refractivity contribution in [2.75, 3.05) is 0 Å². The van der Waals surface area contributed by atoms with Gasteiger partial charge in [-0.05, 0) is 23.3 Å². The van der Waals surface area contributed by atoms with E-state index in [1.165, 1.54) is 11.1 Å². The second-order valence-electron chi connectivity index (χ2n) is 4.43. The fourth-order valence-electron chi connectivity index (χ4n) is 1.90. The van der Waals surface area contributed by atoms with Crippen molar-refractivity contribution in [1.29, 1.82) is 0 Å². The summed E-state index contributed by atoms with van der Waals surface area (Å²) >= 11 is 0. The molecule has 0 fully saturated rings. The van der Waals surface area contributed by atoms with Crippen molar-refractivity contribution < 1.29 is 0 Å². The van der Waals surface area contributed by atoms with Gasteiger partial charge in [0.2, 0.25) is 5.82 Å². The highest BCUT2D eigenvalue weighted by atomic mass is 15.5. The van der Waals surface area contributed by atoms with Gasteiger partial charge in [-0.2, -0.15) is 5.21 Å². The van der Waals surface area contributed by atoms with Crippen LogP contribution >= 0.6 is 0 Å². The van der Waals surface area contributed by atoms with Crippen molar-refractivity contribution in [2.45, 2.75) is 6.92 Å². The molecule has 4 nitrogen and oxygen atoms in total. The number of aromatic amines is 1. The van der Waals surface area contributed by atoms with Gasteiger partial charge in [-0.3, -0.25) is 0 Å². The zero-order valence-electron chi connectivity index (χ0n) is 12.5. The minimum atomic E-state index is 0.630. The summed E-state index contributed by atoms with van der Waals surface area (Å²) in [6, 6.07) is 17.9. The number of benzene rings is 2. The molecule has 0 aliphatic rings. The van der Waals surface area contributed by atoms with Crippen molar-refractivity contribution in [3.05, 3.63) is 78.4 Å². The van der Waals surface area contributed by atoms with E-state index in [9.17, 15) is 0 Å². The number of hydrogen-bond acceptors (Lipinski definition) is 3. The molecule has 1 heterocycles. The Labute approximate surface area is 130 Å². The molecule has 2 aromatic carbocycles. The van der Waals surface area contributed by atoms with Crippen LogP contribution in [0.2, 0.25) is 0 Å². The van der Waals surface area contributed by atoms with E-state index in [0.717, 1.165) is 5.56 Å². The summed E-state index contributed by atoms with van der Waals surface area (Å²) in [5.41, 5.74) is 3.39. The lowest BCUT2D eigenvalue weighted by Crippen LogP contribution is -1.78. The number of nitrogens with zero attached hydrogens (tertiary/aromatic N) is 3. The third-order valence-corrected chi connectivity index (χ3v) is 2.94. The largest absolute Gasteiger partial charge is 0.204 e. The van der Waals surface area contributed by atoms with Gasteiger partial charge in [-0.25, -0.2) is 0 Å². The molecule has 1 N–H and O–H groups in total. The van der Waals surface area contributed by atoms with Gasteiger partial charge in [0.15, 0.2) is 0 Å². The summed E-state index contributed by atoms with van der Waals surface area (Å²) in [5, 5.41) is 13.5. The summed E-state index contributed by atoms with van der Waals surface area (Å²) in [5.74, 6) is 0.630. The monoisotopic (exact) mass is 290 g/mol. The van der Waals surface area contributed by atoms with Crippen molar-refractivity contribution in [1.82, 2.24) is 20.6 Å². The minimum Gasteiger partial charge on any atom is -0.177 e. The Morgan fingerprint density at radius 2 is 1.64 bits per heavy atom. The van der Waals surface area contributed by atoms with Crippen molar-refractivity contribution in [2.24, 2.45) is 0 Å². The third-order valence-electron chi connectivity index (χ3n) is 2.94. The number of hydrogen-bond donors (Lipinski definition) is 1. The summed E-state index contributed by atoms with van der Waals surface area (Å²) < 4.78 is 0. The van der Waals surface area contributed by atoms with Crippen molar-refractivity contribution in [3.63, 3.8) is 0 Å². The lowest BCUT2D eigenvalue weighted by molar-refractivity contribution is 0.881. The lowest BCUT2D eigenvalue weighted by atomic mass is 10.1. The van der Waals surface area contributed by atoms with Crippen LogP contribution in [0.5, 0.6) is 0 Å². The SMILES string of the molecule is C=Cc1ccccc1/C=C\C.c1ccc(-c2nn[nH]n2)cc1. The predicted octanol–water partition coefficient (Wildman–Crippen LogP) is 4.23. The molecule has 1 aromatic heterocycles. The number of tetrazole rings is 1. The van der Waals surface area contributed by atoms with Crippen LogP contribution in [-0.4, -0.2) is 20.6 Å². The Hall–Kier alpha value is -3.01. The number of rotatable bonds is 3. The molecule has 0 aliphatic carbocycles. The van der Waals surface area contributed by atoms with Gasteiger partial charge in [-0.15, -0.1) is 10.2 Å². The number of allylic oxidation sites excluding steroid dienone is 1. The second-order valence-corrected chi connectivity index (χ2v) is 4.43. The quantitative estimate of drug-likeness (QED) is 0.785. The van der Waals surface area contributed by atoms with Crippen molar-refractivity contribution >= 4 is 12.2 Å². The first-order valence-corrected chi connectivity index (χ1v) is 6.98. The molecular formula is C18H18N4. The summed E-state index contributed by atoms with van der Waals surface area (Å²) in [6.45, 7) is 5.75. The first-order chi connectivity index (χ1) is 10.8. The normalized spacial score (nSPS) is 10.0. The molecule has 0 atom stereocenters. The summed E-state index contributed by atoms with van der Waals surface area (Å²) in [7, 11) is 0. The van der Waals surface area contributed by atoms with Crippen molar-refractivity contribution in [3.8, 4) is 11.4 Å². The molecule has 0 radical (unpaired) electrons. The Kier molecular flexibility index (Phi) is 5.81. The molecule has 0 bridgehead atoms. The zero-order valence-corrected chi connectivity index (χ0v) is 12.5. The predicted molar refractivity (Wildman–Crippen MR) is 90.9 cm³/mol. The third kappa shape index (κ3) is 4.24. The fraction of sp³-hybridized carbons (Fsp3) is 0.0556. The lowest BCUT2D eigenvalue weighted by Gasteiger charge is -1.97. The molecule has 110 valence electrons. The molecule has 4 heteroatoms. The molecular weight excluding hydrogens is 272 g/mol. The average molecular weight is 290 g/mol. The maximum Gasteiger partial charge on any atom is 0.204 e. The van der Waals surface area contributed by atoms with E-state index in [2.05, 4.69) is 45.4 Å². The van der Waals surface area contributed by atoms with Gasteiger partial charge in [0.25, 0.3) is 0 Å². The topological polar surface area (TPSA) is 54.5 Å². The number of nitrogens with one attached hydrogen (secondary N) is 1. The van der Waals surface area contributed by atoms with Crippen LogP contribution in [-0.2, 0) is 0 Å². The average Bonchev–Trinajstić information content (AvgIpc) is 3.12. The van der Waals surface area contributed by atoms with E-state index >= 15 is 0 Å². The molecule has 0 saturated carbocycles. The Morgan fingerprint density at radius 3 is 2.23 bits per heavy atom. The Balaban J connectivity index is 0.000000160. The molecule has 3 aromatic rings. The zero-order chi connectivity index (χ0) is 15.6. The van der Waals surface area contributed by atoms with E-state index in [0.29, 0.717) is 5.82 Å². The standard InChI is InChI=1S/C11H12.C7H6N4/c1-3-7-11-9-6-5-8-10(11)4-2;1-2-4-6(5-3-1)7-8-10-11-9-7/h3-9H,2H2,1H3;1-5H,(H,8,9,10,11)/b7-3-;. The van der Waals surface area contributed by atoms with Gasteiger partial charge in [0.05, 0.1) is 0 Å².